The lowest BCUT2D eigenvalue weighted by atomic mass is 9.86. The van der Waals surface area contributed by atoms with Crippen LogP contribution in [-0.2, 0) is 4.74 Å². The van der Waals surface area contributed by atoms with Crippen LogP contribution in [0.3, 0.4) is 0 Å². The van der Waals surface area contributed by atoms with Gasteiger partial charge in [0, 0.05) is 44.4 Å². The van der Waals surface area contributed by atoms with Gasteiger partial charge in [0.2, 0.25) is 0 Å². The van der Waals surface area contributed by atoms with E-state index in [-0.39, 0.29) is 12.5 Å². The summed E-state index contributed by atoms with van der Waals surface area (Å²) in [6.45, 7) is 5.16. The summed E-state index contributed by atoms with van der Waals surface area (Å²) >= 11 is 0. The van der Waals surface area contributed by atoms with Crippen molar-refractivity contribution >= 4 is 16.9 Å². The normalized spacial score (nSPS) is 24.4. The predicted molar refractivity (Wildman–Crippen MR) is 100 cm³/mol. The fourth-order valence-corrected chi connectivity index (χ4v) is 4.39. The van der Waals surface area contributed by atoms with Gasteiger partial charge in [-0.3, -0.25) is 9.69 Å². The fourth-order valence-electron chi connectivity index (χ4n) is 4.39. The molecule has 0 saturated carbocycles. The lowest BCUT2D eigenvalue weighted by Crippen LogP contribution is -2.55. The first kappa shape index (κ1) is 18.3. The zero-order valence-corrected chi connectivity index (χ0v) is 15.5. The lowest BCUT2D eigenvalue weighted by molar-refractivity contribution is -0.0196. The van der Waals surface area contributed by atoms with Crippen molar-refractivity contribution in [1.29, 1.82) is 0 Å². The number of morpholine rings is 1. The van der Waals surface area contributed by atoms with E-state index in [0.717, 1.165) is 64.2 Å². The van der Waals surface area contributed by atoms with Crippen molar-refractivity contribution in [1.82, 2.24) is 25.2 Å². The Kier molecular flexibility index (Phi) is 5.66. The van der Waals surface area contributed by atoms with E-state index in [2.05, 4.69) is 20.3 Å². The van der Waals surface area contributed by atoms with Gasteiger partial charge in [-0.2, -0.15) is 15.4 Å². The third-order valence-corrected chi connectivity index (χ3v) is 5.79. The number of amides is 1. The molecule has 2 aromatic rings. The van der Waals surface area contributed by atoms with E-state index in [1.165, 1.54) is 0 Å². The van der Waals surface area contributed by atoms with Crippen LogP contribution in [0.2, 0.25) is 0 Å². The van der Waals surface area contributed by atoms with E-state index >= 15 is 0 Å². The van der Waals surface area contributed by atoms with Gasteiger partial charge >= 0.3 is 0 Å². The van der Waals surface area contributed by atoms with Crippen LogP contribution < -0.4 is 0 Å². The molecule has 1 aromatic heterocycles. The third kappa shape index (κ3) is 3.97. The smallest absolute Gasteiger partial charge is 0.253 e. The number of likely N-dealkylation sites (tertiary alicyclic amines) is 1. The Morgan fingerprint density at radius 1 is 1.22 bits per heavy atom. The van der Waals surface area contributed by atoms with E-state index in [0.29, 0.717) is 23.0 Å². The van der Waals surface area contributed by atoms with Gasteiger partial charge in [0.25, 0.3) is 5.91 Å². The maximum absolute atomic E-state index is 13.1. The van der Waals surface area contributed by atoms with Crippen molar-refractivity contribution in [3.05, 3.63) is 23.8 Å². The average Bonchev–Trinajstić information content (AvgIpc) is 3.20. The molecule has 2 fully saturated rings. The van der Waals surface area contributed by atoms with Crippen LogP contribution >= 0.6 is 0 Å². The maximum atomic E-state index is 13.1. The number of aromatic amines is 1. The van der Waals surface area contributed by atoms with E-state index < -0.39 is 0 Å². The van der Waals surface area contributed by atoms with Crippen LogP contribution in [0.5, 0.6) is 0 Å². The molecular formula is C19H27N5O3. The van der Waals surface area contributed by atoms with Crippen molar-refractivity contribution in [2.45, 2.75) is 25.3 Å². The molecule has 2 aliphatic rings. The van der Waals surface area contributed by atoms with Crippen molar-refractivity contribution < 1.29 is 14.6 Å². The number of carbonyl (C=O) groups excluding carboxylic acids is 1. The second-order valence-corrected chi connectivity index (χ2v) is 7.41. The first-order valence-electron chi connectivity index (χ1n) is 9.78. The summed E-state index contributed by atoms with van der Waals surface area (Å²) < 4.78 is 5.49. The SMILES string of the molecule is O=C(c1ccc2n[nH]nc2c1)N1CC[C@H](N2CCOCC2)[C@H](CCCO)C1. The minimum Gasteiger partial charge on any atom is -0.396 e. The number of benzene rings is 1. The molecule has 0 aliphatic carbocycles. The summed E-state index contributed by atoms with van der Waals surface area (Å²) in [7, 11) is 0. The van der Waals surface area contributed by atoms with Gasteiger partial charge < -0.3 is 14.7 Å². The van der Waals surface area contributed by atoms with Gasteiger partial charge in [-0.1, -0.05) is 0 Å². The average molecular weight is 373 g/mol. The first-order chi connectivity index (χ1) is 13.3. The Balaban J connectivity index is 1.47. The van der Waals surface area contributed by atoms with E-state index in [4.69, 9.17) is 4.74 Å². The van der Waals surface area contributed by atoms with Gasteiger partial charge in [0.1, 0.15) is 11.0 Å². The lowest BCUT2D eigenvalue weighted by Gasteiger charge is -2.45. The zero-order chi connectivity index (χ0) is 18.6. The number of hydrogen-bond acceptors (Lipinski definition) is 6. The number of aliphatic hydroxyl groups excluding tert-OH is 1. The number of nitrogens with zero attached hydrogens (tertiary/aromatic N) is 4. The van der Waals surface area contributed by atoms with Gasteiger partial charge in [-0.15, -0.1) is 0 Å². The highest BCUT2D eigenvalue weighted by Crippen LogP contribution is 2.28. The summed E-state index contributed by atoms with van der Waals surface area (Å²) in [5.74, 6) is 0.429. The number of piperidine rings is 1. The molecular weight excluding hydrogens is 346 g/mol. The minimum absolute atomic E-state index is 0.0503. The number of aliphatic hydroxyl groups is 1. The second kappa shape index (κ2) is 8.33. The molecule has 2 N–H and O–H groups in total. The molecule has 2 saturated heterocycles. The molecule has 0 spiro atoms. The molecule has 0 radical (unpaired) electrons. The Hall–Kier alpha value is -2.03. The van der Waals surface area contributed by atoms with Gasteiger partial charge in [0.15, 0.2) is 0 Å². The minimum atomic E-state index is 0.0503. The summed E-state index contributed by atoms with van der Waals surface area (Å²) in [5, 5.41) is 20.0. The van der Waals surface area contributed by atoms with E-state index in [9.17, 15) is 9.90 Å². The van der Waals surface area contributed by atoms with Crippen LogP contribution in [0.1, 0.15) is 29.6 Å². The Bertz CT molecular complexity index is 774. The quantitative estimate of drug-likeness (QED) is 0.808. The van der Waals surface area contributed by atoms with Crippen molar-refractivity contribution in [3.63, 3.8) is 0 Å². The molecule has 0 bridgehead atoms. The highest BCUT2D eigenvalue weighted by atomic mass is 16.5. The summed E-state index contributed by atoms with van der Waals surface area (Å²) in [6.07, 6.45) is 2.68. The maximum Gasteiger partial charge on any atom is 0.253 e. The van der Waals surface area contributed by atoms with Crippen LogP contribution in [0.15, 0.2) is 18.2 Å². The number of ether oxygens (including phenoxy) is 1. The number of fused-ring (bicyclic) bond motifs is 1. The van der Waals surface area contributed by atoms with Crippen molar-refractivity contribution in [2.24, 2.45) is 5.92 Å². The zero-order valence-electron chi connectivity index (χ0n) is 15.5. The predicted octanol–water partition coefficient (Wildman–Crippen LogP) is 0.893. The Morgan fingerprint density at radius 3 is 2.85 bits per heavy atom. The van der Waals surface area contributed by atoms with Crippen LogP contribution in [0.4, 0.5) is 0 Å². The molecule has 3 heterocycles. The Labute approximate surface area is 158 Å². The van der Waals surface area contributed by atoms with E-state index in [1.807, 2.05) is 17.0 Å². The standard InChI is InChI=1S/C19H27N5O3/c25-9-1-2-15-13-24(6-5-18(15)23-7-10-27-11-8-23)19(26)14-3-4-16-17(12-14)21-22-20-16/h3-4,12,15,18,25H,1-2,5-11,13H2,(H,20,21,22)/t15-,18+/m1/s1. The molecule has 2 aliphatic heterocycles. The molecule has 8 heteroatoms. The van der Waals surface area contributed by atoms with Crippen molar-refractivity contribution in [2.75, 3.05) is 46.0 Å². The number of carbonyl (C=O) groups is 1. The summed E-state index contributed by atoms with van der Waals surface area (Å²) in [5.41, 5.74) is 2.13. The van der Waals surface area contributed by atoms with Crippen LogP contribution in [0.25, 0.3) is 11.0 Å². The molecule has 27 heavy (non-hydrogen) atoms. The topological polar surface area (TPSA) is 94.6 Å². The van der Waals surface area contributed by atoms with Gasteiger partial charge in [-0.25, -0.2) is 0 Å². The third-order valence-electron chi connectivity index (χ3n) is 5.79. The highest BCUT2D eigenvalue weighted by Gasteiger charge is 2.35. The van der Waals surface area contributed by atoms with Crippen molar-refractivity contribution in [3.8, 4) is 0 Å². The summed E-state index contributed by atoms with van der Waals surface area (Å²) in [4.78, 5) is 17.5. The molecule has 1 amide bonds. The van der Waals surface area contributed by atoms with Gasteiger partial charge in [-0.05, 0) is 43.4 Å². The number of H-pyrrole nitrogens is 1. The molecule has 1 aromatic carbocycles. The highest BCUT2D eigenvalue weighted by molar-refractivity contribution is 5.97. The number of hydrogen-bond donors (Lipinski definition) is 2. The summed E-state index contributed by atoms with van der Waals surface area (Å²) in [6, 6.07) is 5.92. The molecule has 4 rings (SSSR count). The fraction of sp³-hybridized carbons (Fsp3) is 0.632. The number of nitrogens with one attached hydrogen (secondary N) is 1. The molecule has 0 unspecified atom stereocenters. The second-order valence-electron chi connectivity index (χ2n) is 7.41. The first-order valence-corrected chi connectivity index (χ1v) is 9.78. The number of aromatic nitrogens is 3. The molecule has 8 nitrogen and oxygen atoms in total. The Morgan fingerprint density at radius 2 is 2.04 bits per heavy atom. The van der Waals surface area contributed by atoms with Crippen LogP contribution in [0, 0.1) is 5.92 Å². The molecule has 146 valence electrons. The van der Waals surface area contributed by atoms with Gasteiger partial charge in [0.05, 0.1) is 13.2 Å². The molecule has 2 atom stereocenters. The number of rotatable bonds is 5. The monoisotopic (exact) mass is 373 g/mol. The van der Waals surface area contributed by atoms with Crippen LogP contribution in [-0.4, -0.2) is 88.3 Å². The van der Waals surface area contributed by atoms with E-state index in [1.54, 1.807) is 6.07 Å². The largest absolute Gasteiger partial charge is 0.396 e.